The van der Waals surface area contributed by atoms with Crippen LogP contribution in [0.5, 0.6) is 17.2 Å². The molecule has 158 valence electrons. The molecule has 0 heterocycles. The molecule has 0 saturated heterocycles. The molecule has 2 aromatic rings. The number of Topliss-reactive ketones (excluding diaryl/α,β-unsaturated/α-hetero) is 1. The highest BCUT2D eigenvalue weighted by atomic mass is 16.5. The largest absolute Gasteiger partial charge is 0.507 e. The topological polar surface area (TPSA) is 93.1 Å². The minimum atomic E-state index is -1.00. The van der Waals surface area contributed by atoms with Gasteiger partial charge in [0.15, 0.2) is 5.78 Å². The maximum atomic E-state index is 11.6. The van der Waals surface area contributed by atoms with Crippen LogP contribution in [0.3, 0.4) is 0 Å². The molecule has 0 atom stereocenters. The molecule has 0 unspecified atom stereocenters. The zero-order valence-electron chi connectivity index (χ0n) is 17.1. The zero-order valence-corrected chi connectivity index (χ0v) is 17.1. The number of phenolic OH excluding ortho intramolecular Hbond substituents is 1. The molecule has 0 saturated carbocycles. The Balaban J connectivity index is 1.90. The lowest BCUT2D eigenvalue weighted by atomic mass is 10.0. The van der Waals surface area contributed by atoms with Crippen molar-refractivity contribution in [1.82, 2.24) is 0 Å². The molecule has 0 aliphatic carbocycles. The average Bonchev–Trinajstić information content (AvgIpc) is 2.71. The Bertz CT molecular complexity index is 943. The highest BCUT2D eigenvalue weighted by Crippen LogP contribution is 2.33. The van der Waals surface area contributed by atoms with Crippen molar-refractivity contribution in [2.24, 2.45) is 0 Å². The summed E-state index contributed by atoms with van der Waals surface area (Å²) in [5, 5.41) is 19.0. The first kappa shape index (κ1) is 22.7. The van der Waals surface area contributed by atoms with Crippen LogP contribution in [0.1, 0.15) is 41.8 Å². The number of carboxylic acid groups (broad SMARTS) is 1. The van der Waals surface area contributed by atoms with Gasteiger partial charge >= 0.3 is 5.97 Å². The van der Waals surface area contributed by atoms with E-state index in [2.05, 4.69) is 0 Å². The van der Waals surface area contributed by atoms with Gasteiger partial charge in [0.25, 0.3) is 0 Å². The molecule has 0 aliphatic rings. The van der Waals surface area contributed by atoms with Crippen molar-refractivity contribution in [3.8, 4) is 17.2 Å². The molecule has 0 radical (unpaired) electrons. The van der Waals surface area contributed by atoms with Crippen molar-refractivity contribution in [1.29, 1.82) is 0 Å². The normalized spacial score (nSPS) is 11.1. The van der Waals surface area contributed by atoms with Crippen LogP contribution >= 0.6 is 0 Å². The Morgan fingerprint density at radius 2 is 1.80 bits per heavy atom. The predicted molar refractivity (Wildman–Crippen MR) is 115 cm³/mol. The molecule has 6 heteroatoms. The van der Waals surface area contributed by atoms with Gasteiger partial charge < -0.3 is 19.7 Å². The summed E-state index contributed by atoms with van der Waals surface area (Å²) in [6.07, 6.45) is 7.61. The molecule has 0 aliphatic heterocycles. The van der Waals surface area contributed by atoms with E-state index in [1.165, 1.54) is 13.0 Å². The molecule has 2 rings (SSSR count). The summed E-state index contributed by atoms with van der Waals surface area (Å²) in [6, 6.07) is 10.4. The molecule has 2 aromatic carbocycles. The highest BCUT2D eigenvalue weighted by molar-refractivity contribution is 5.97. The molecule has 0 spiro atoms. The van der Waals surface area contributed by atoms with Gasteiger partial charge in [-0.2, -0.15) is 0 Å². The number of phenols is 1. The van der Waals surface area contributed by atoms with Gasteiger partial charge in [-0.25, -0.2) is 4.79 Å². The van der Waals surface area contributed by atoms with Gasteiger partial charge in [0.05, 0.1) is 5.56 Å². The molecule has 0 amide bonds. The van der Waals surface area contributed by atoms with Gasteiger partial charge in [-0.3, -0.25) is 4.79 Å². The van der Waals surface area contributed by atoms with Crippen molar-refractivity contribution in [3.63, 3.8) is 0 Å². The lowest BCUT2D eigenvalue weighted by Crippen LogP contribution is -2.02. The van der Waals surface area contributed by atoms with Gasteiger partial charge in [0.2, 0.25) is 0 Å². The van der Waals surface area contributed by atoms with Crippen LogP contribution in [0.2, 0.25) is 0 Å². The number of carboxylic acids is 1. The molecular weight excluding hydrogens is 384 g/mol. The Hall–Kier alpha value is -3.54. The Morgan fingerprint density at radius 1 is 1.07 bits per heavy atom. The fraction of sp³-hybridized carbons (Fsp3) is 0.250. The third-order valence-corrected chi connectivity index (χ3v) is 4.24. The molecule has 2 N–H and O–H groups in total. The number of aliphatic carboxylic acids is 1. The molecule has 30 heavy (non-hydrogen) atoms. The molecule has 6 nitrogen and oxygen atoms in total. The average molecular weight is 410 g/mol. The van der Waals surface area contributed by atoms with Crippen LogP contribution in [-0.2, 0) is 11.2 Å². The number of hydrogen-bond acceptors (Lipinski definition) is 5. The van der Waals surface area contributed by atoms with Crippen LogP contribution < -0.4 is 9.47 Å². The van der Waals surface area contributed by atoms with Crippen molar-refractivity contribution in [3.05, 3.63) is 71.3 Å². The van der Waals surface area contributed by atoms with E-state index in [4.69, 9.17) is 14.6 Å². The lowest BCUT2D eigenvalue weighted by molar-refractivity contribution is -0.131. The monoisotopic (exact) mass is 410 g/mol. The maximum Gasteiger partial charge on any atom is 0.328 e. The van der Waals surface area contributed by atoms with E-state index < -0.39 is 5.97 Å². The summed E-state index contributed by atoms with van der Waals surface area (Å²) < 4.78 is 11.4. The molecule has 0 fully saturated rings. The standard InChI is InChI=1S/C24H26O6/c1-3-7-21-22(12-11-20(17(2)25)24(21)28)30-15-5-4-14-29-19-9-6-8-18(16-19)10-13-23(26)27/h4-6,8-13,16,28H,3,7,14-15H2,1-2H3,(H,26,27)/b5-4+,13-10+. The van der Waals surface area contributed by atoms with E-state index in [0.29, 0.717) is 42.3 Å². The third-order valence-electron chi connectivity index (χ3n) is 4.24. The van der Waals surface area contributed by atoms with Crippen molar-refractivity contribution >= 4 is 17.8 Å². The second kappa shape index (κ2) is 11.5. The van der Waals surface area contributed by atoms with E-state index in [0.717, 1.165) is 18.1 Å². The minimum absolute atomic E-state index is 0.00834. The van der Waals surface area contributed by atoms with Crippen molar-refractivity contribution < 1.29 is 29.3 Å². The number of hydrogen-bond donors (Lipinski definition) is 2. The van der Waals surface area contributed by atoms with Gasteiger partial charge in [-0.1, -0.05) is 25.5 Å². The minimum Gasteiger partial charge on any atom is -0.507 e. The second-order valence-corrected chi connectivity index (χ2v) is 6.58. The van der Waals surface area contributed by atoms with Crippen LogP contribution in [0.15, 0.2) is 54.6 Å². The smallest absolute Gasteiger partial charge is 0.328 e. The van der Waals surface area contributed by atoms with E-state index >= 15 is 0 Å². The molecular formula is C24H26O6. The Morgan fingerprint density at radius 3 is 2.47 bits per heavy atom. The summed E-state index contributed by atoms with van der Waals surface area (Å²) in [6.45, 7) is 4.03. The fourth-order valence-corrected chi connectivity index (χ4v) is 2.82. The van der Waals surface area contributed by atoms with E-state index in [1.54, 1.807) is 42.5 Å². The quantitative estimate of drug-likeness (QED) is 0.318. The summed E-state index contributed by atoms with van der Waals surface area (Å²) in [7, 11) is 0. The first-order valence-corrected chi connectivity index (χ1v) is 9.69. The van der Waals surface area contributed by atoms with Crippen LogP contribution in [0, 0.1) is 0 Å². The summed E-state index contributed by atoms with van der Waals surface area (Å²) in [5.41, 5.74) is 1.68. The maximum absolute atomic E-state index is 11.6. The fourth-order valence-electron chi connectivity index (χ4n) is 2.82. The molecule has 0 bridgehead atoms. The van der Waals surface area contributed by atoms with E-state index in [1.807, 2.05) is 13.0 Å². The Labute approximate surface area is 176 Å². The first-order valence-electron chi connectivity index (χ1n) is 9.69. The third kappa shape index (κ3) is 6.81. The zero-order chi connectivity index (χ0) is 21.9. The summed E-state index contributed by atoms with van der Waals surface area (Å²) >= 11 is 0. The highest BCUT2D eigenvalue weighted by Gasteiger charge is 2.15. The first-order chi connectivity index (χ1) is 14.4. The van der Waals surface area contributed by atoms with Crippen LogP contribution in [0.4, 0.5) is 0 Å². The Kier molecular flexibility index (Phi) is 8.69. The second-order valence-electron chi connectivity index (χ2n) is 6.58. The number of carbonyl (C=O) groups excluding carboxylic acids is 1. The predicted octanol–water partition coefficient (Wildman–Crippen LogP) is 4.66. The van der Waals surface area contributed by atoms with Crippen molar-refractivity contribution in [2.75, 3.05) is 13.2 Å². The van der Waals surface area contributed by atoms with Gasteiger partial charge in [-0.05, 0) is 61.4 Å². The lowest BCUT2D eigenvalue weighted by Gasteiger charge is -2.13. The van der Waals surface area contributed by atoms with Gasteiger partial charge in [0.1, 0.15) is 30.5 Å². The number of ketones is 1. The number of ether oxygens (including phenoxy) is 2. The SMILES string of the molecule is CCCc1c(OC/C=C/COc2cccc(/C=C/C(=O)O)c2)ccc(C(C)=O)c1O. The van der Waals surface area contributed by atoms with E-state index in [9.17, 15) is 14.7 Å². The summed E-state index contributed by atoms with van der Waals surface area (Å²) in [4.78, 5) is 22.2. The number of benzene rings is 2. The van der Waals surface area contributed by atoms with Crippen LogP contribution in [-0.4, -0.2) is 35.2 Å². The number of rotatable bonds is 11. The van der Waals surface area contributed by atoms with Gasteiger partial charge in [-0.15, -0.1) is 0 Å². The van der Waals surface area contributed by atoms with E-state index in [-0.39, 0.29) is 11.5 Å². The van der Waals surface area contributed by atoms with Gasteiger partial charge in [0, 0.05) is 11.6 Å². The van der Waals surface area contributed by atoms with Crippen molar-refractivity contribution in [2.45, 2.75) is 26.7 Å². The summed E-state index contributed by atoms with van der Waals surface area (Å²) in [5.74, 6) is -0.0107. The number of carbonyl (C=O) groups is 2. The van der Waals surface area contributed by atoms with Crippen LogP contribution in [0.25, 0.3) is 6.08 Å². The number of aromatic hydroxyl groups is 1. The molecule has 0 aromatic heterocycles.